The van der Waals surface area contributed by atoms with Crippen molar-refractivity contribution in [2.75, 3.05) is 106 Å². The summed E-state index contributed by atoms with van der Waals surface area (Å²) in [6, 6.07) is 80.0. The van der Waals surface area contributed by atoms with Gasteiger partial charge in [0.25, 0.3) is 0 Å². The average molecular weight is 1860 g/mol. The van der Waals surface area contributed by atoms with Crippen LogP contribution in [0.25, 0.3) is 0 Å². The number of hydrogen-bond donors (Lipinski definition) is 0. The quantitative estimate of drug-likeness (QED) is 0.0865. The van der Waals surface area contributed by atoms with E-state index in [2.05, 4.69) is 249 Å². The van der Waals surface area contributed by atoms with E-state index in [9.17, 15) is 0 Å². The maximum atomic E-state index is 7.50. The Hall–Kier alpha value is -1.86. The Morgan fingerprint density at radius 1 is 0.295 bits per heavy atom. The molecule has 8 aromatic rings. The van der Waals surface area contributed by atoms with Gasteiger partial charge in [-0.1, -0.05) is 20.8 Å². The molecule has 2 aliphatic rings. The second-order valence-corrected chi connectivity index (χ2v) is 74.9. The average Bonchev–Trinajstić information content (AvgIpc) is 1.82. The van der Waals surface area contributed by atoms with Crippen molar-refractivity contribution in [2.45, 2.75) is 20.8 Å². The van der Waals surface area contributed by atoms with Crippen LogP contribution in [0.15, 0.2) is 224 Å². The van der Waals surface area contributed by atoms with Crippen LogP contribution in [-0.2, 0) is 117 Å². The van der Waals surface area contributed by atoms with E-state index in [1.807, 2.05) is 36.4 Å². The van der Waals surface area contributed by atoms with E-state index in [1.54, 1.807) is 22.3 Å². The van der Waals surface area contributed by atoms with Crippen LogP contribution in [0, 0.1) is 60.7 Å². The van der Waals surface area contributed by atoms with Gasteiger partial charge in [-0.2, -0.15) is 54.6 Å². The Bertz CT molecular complexity index is 2440. The van der Waals surface area contributed by atoms with Crippen molar-refractivity contribution in [1.29, 1.82) is 0 Å². The molecule has 2 saturated heterocycles. The van der Waals surface area contributed by atoms with Crippen molar-refractivity contribution >= 4 is 127 Å². The predicted molar refractivity (Wildman–Crippen MR) is 367 cm³/mol. The van der Waals surface area contributed by atoms with E-state index < -0.39 is 9.00 Å². The molecule has 0 atom stereocenters. The number of ether oxygens (including phenoxy) is 8. The molecule has 0 aliphatic carbocycles. The van der Waals surface area contributed by atoms with Crippen molar-refractivity contribution < 1.29 is 117 Å². The molecule has 0 bridgehead atoms. The Morgan fingerprint density at radius 2 is 0.463 bits per heavy atom. The SMILES string of the molecule is C1COCCOCCOCCO1.C1COCCOCCOCCO1.Cc1cc[cH-]c1.Cc1cc[cH-]c1.Cc1cc[cH-]c1.[C-]#[O+].[C-]#[O+].[C-]#[O+].[C-]#[O+].[C-]#[O+].[C-]#[O+].[Li].[Mn].[Mn].[Mn].c1ccc([Se][As]([Se]c2ccccc2)[Se]c2ccccc2)cc1.c1ccc([Se][As][Se]c2ccccc2)cc1. The van der Waals surface area contributed by atoms with Crippen LogP contribution < -0.4 is 22.3 Å². The van der Waals surface area contributed by atoms with Crippen molar-refractivity contribution in [3.63, 3.8) is 0 Å². The van der Waals surface area contributed by atoms with Gasteiger partial charge in [-0.05, 0) is 0 Å². The van der Waals surface area contributed by atoms with Gasteiger partial charge in [-0.25, -0.2) is 34.9 Å². The van der Waals surface area contributed by atoms with E-state index in [1.165, 1.54) is 16.7 Å². The molecular weight excluding hydrogens is 1780 g/mol. The molecule has 0 unspecified atom stereocenters. The van der Waals surface area contributed by atoms with Gasteiger partial charge in [0.05, 0.1) is 106 Å². The number of hydrogen-bond acceptors (Lipinski definition) is 8. The summed E-state index contributed by atoms with van der Waals surface area (Å²) in [5.74, 6) is 0. The van der Waals surface area contributed by atoms with Gasteiger partial charge >= 0.3 is 328 Å². The van der Waals surface area contributed by atoms with Crippen LogP contribution >= 0.6 is 0 Å². The Kier molecular flexibility index (Phi) is 101. The Balaban J connectivity index is -0.000000191. The molecule has 2 aliphatic heterocycles. The molecule has 5 radical (unpaired) electrons. The Labute approximate surface area is 644 Å². The summed E-state index contributed by atoms with van der Waals surface area (Å²) in [5, 5.41) is 0. The normalized spacial score (nSPS) is 12.0. The molecule has 25 heteroatoms. The van der Waals surface area contributed by atoms with Crippen molar-refractivity contribution in [3.05, 3.63) is 281 Å². The Morgan fingerprint density at radius 3 is 0.600 bits per heavy atom. The summed E-state index contributed by atoms with van der Waals surface area (Å²) < 4.78 is 94.6. The number of benzene rings is 5. The number of aryl methyl sites for hydroxylation is 3. The molecule has 0 aromatic heterocycles. The van der Waals surface area contributed by atoms with E-state index >= 15 is 0 Å². The van der Waals surface area contributed by atoms with Gasteiger partial charge in [0.1, 0.15) is 0 Å². The fourth-order valence-electron chi connectivity index (χ4n) is 6.00. The maximum absolute atomic E-state index is 7.50. The van der Waals surface area contributed by atoms with Crippen LogP contribution in [0.5, 0.6) is 0 Å². The van der Waals surface area contributed by atoms with Crippen molar-refractivity contribution in [1.82, 2.24) is 0 Å². The third kappa shape index (κ3) is 73.2. The van der Waals surface area contributed by atoms with Gasteiger partial charge in [0, 0.05) is 70.1 Å². The first kappa shape index (κ1) is 107. The molecule has 14 nitrogen and oxygen atoms in total. The van der Waals surface area contributed by atoms with Crippen LogP contribution in [0.3, 0.4) is 0 Å². The molecule has 0 amide bonds. The topological polar surface area (TPSA) is 193 Å². The minimum atomic E-state index is -0.803. The second kappa shape index (κ2) is 90.2. The summed E-state index contributed by atoms with van der Waals surface area (Å²) in [5.41, 5.74) is 4.03. The molecule has 507 valence electrons. The standard InChI is InChI=1S/C18H15AsSe3.C12H10AsSe2.2C8H16O4.3C6H7.6CO.Li.3Mn/c1-4-10-16(11-5-1)20-19(21-17-12-6-2-7-13-17)22-18-14-8-3-9-15-18;1-3-7-11(8-4-1)14-13-15-12-9-5-2-6-10-12;2*1-2-10-5-6-12-8-7-11-4-3-9-1;3*1-6-4-2-3-5-6;6*1-2;;;;/h1-15H;1-10H;2*1-8H2;3*2-5H,1H3;;;;;;;;;;/q;;;;3*-1;;;;;;;;;;. The summed E-state index contributed by atoms with van der Waals surface area (Å²) >= 11 is 4.11. The molecule has 10 rings (SSSR count). The fraction of sp³-hybridized carbons (Fsp3) is 0.271. The van der Waals surface area contributed by atoms with Crippen LogP contribution in [-0.4, -0.2) is 210 Å². The van der Waals surface area contributed by atoms with Gasteiger partial charge in [0.15, 0.2) is 0 Å². The number of rotatable bonds is 10. The van der Waals surface area contributed by atoms with Crippen molar-refractivity contribution in [2.24, 2.45) is 0 Å². The van der Waals surface area contributed by atoms with Gasteiger partial charge in [-0.3, -0.25) is 0 Å². The van der Waals surface area contributed by atoms with Crippen LogP contribution in [0.2, 0.25) is 0 Å². The van der Waals surface area contributed by atoms with E-state index in [-0.39, 0.29) is 70.1 Å². The second-order valence-electron chi connectivity index (χ2n) is 16.6. The zero-order valence-corrected chi connectivity index (χ0v) is 69.3. The first-order chi connectivity index (χ1) is 45.0. The van der Waals surface area contributed by atoms with Gasteiger partial charge in [0.2, 0.25) is 0 Å². The summed E-state index contributed by atoms with van der Waals surface area (Å²) in [6.07, 6.45) is 0. The summed E-state index contributed by atoms with van der Waals surface area (Å²) in [6.45, 7) is 43.5. The summed E-state index contributed by atoms with van der Waals surface area (Å²) in [4.78, 5) is 0. The van der Waals surface area contributed by atoms with E-state index in [0.29, 0.717) is 157 Å². The molecular formula is C70H78As2LiMn3O14Se5-3. The van der Waals surface area contributed by atoms with Gasteiger partial charge in [-0.15, -0.1) is 0 Å². The molecule has 0 N–H and O–H groups in total. The monoisotopic (exact) mass is 1860 g/mol. The molecule has 8 aromatic carbocycles. The van der Waals surface area contributed by atoms with Crippen LogP contribution in [0.1, 0.15) is 16.7 Å². The third-order valence-corrected chi connectivity index (χ3v) is 68.1. The van der Waals surface area contributed by atoms with Crippen LogP contribution in [0.4, 0.5) is 0 Å². The predicted octanol–water partition coefficient (Wildman–Crippen LogP) is 6.30. The molecule has 2 fully saturated rings. The van der Waals surface area contributed by atoms with Crippen molar-refractivity contribution in [3.8, 4) is 0 Å². The third-order valence-electron chi connectivity index (χ3n) is 10.0. The first-order valence-corrected chi connectivity index (χ1v) is 55.6. The molecule has 2 heterocycles. The van der Waals surface area contributed by atoms with E-state index in [0.717, 1.165) is 25.9 Å². The zero-order valence-electron chi connectivity index (χ0n) is 53.5. The molecule has 95 heavy (non-hydrogen) atoms. The first-order valence-electron chi connectivity index (χ1n) is 27.6. The van der Waals surface area contributed by atoms with E-state index in [4.69, 9.17) is 65.8 Å². The summed E-state index contributed by atoms with van der Waals surface area (Å²) in [7, 11) is -0.803. The molecule has 0 saturated carbocycles. The minimum absolute atomic E-state index is 0. The zero-order chi connectivity index (χ0) is 67.6. The fourth-order valence-corrected chi connectivity index (χ4v) is 73.9. The molecule has 0 spiro atoms. The van der Waals surface area contributed by atoms with Gasteiger partial charge < -0.3 is 37.9 Å².